The van der Waals surface area contributed by atoms with Crippen molar-refractivity contribution in [2.45, 2.75) is 0 Å². The van der Waals surface area contributed by atoms with Gasteiger partial charge in [-0.3, -0.25) is 4.79 Å². The normalized spacial score (nSPS) is 10.7. The van der Waals surface area contributed by atoms with Crippen LogP contribution in [0.3, 0.4) is 0 Å². The van der Waals surface area contributed by atoms with E-state index in [1.54, 1.807) is 18.2 Å². The van der Waals surface area contributed by atoms with Crippen LogP contribution in [-0.4, -0.2) is 27.5 Å². The molecule has 1 amide bonds. The molecule has 0 fully saturated rings. The number of nitrogens with two attached hydrogens (primary N) is 1. The molecular weight excluding hydrogens is 238 g/mol. The van der Waals surface area contributed by atoms with Crippen LogP contribution in [0, 0.1) is 0 Å². The number of phenolic OH excluding ortho intramolecular Hbond substituents is 1. The number of nitrogens with zero attached hydrogens (tertiary/aromatic N) is 3. The smallest absolute Gasteiger partial charge is 0.297 e. The Bertz CT molecular complexity index is 593. The lowest BCUT2D eigenvalue weighted by molar-refractivity contribution is 0.0946. The number of hydrogen-bond acceptors (Lipinski definition) is 7. The SMILES string of the molecule is Nc1nonc1C(=O)NN=Cc1ccccc1O. The number of anilines is 1. The van der Waals surface area contributed by atoms with Gasteiger partial charge >= 0.3 is 0 Å². The van der Waals surface area contributed by atoms with Gasteiger partial charge in [-0.2, -0.15) is 5.10 Å². The Hall–Kier alpha value is -2.90. The quantitative estimate of drug-likeness (QED) is 0.522. The fourth-order valence-electron chi connectivity index (χ4n) is 1.16. The first-order chi connectivity index (χ1) is 8.68. The van der Waals surface area contributed by atoms with Crippen LogP contribution in [0.2, 0.25) is 0 Å². The topological polar surface area (TPSA) is 127 Å². The Labute approximate surface area is 101 Å². The van der Waals surface area contributed by atoms with Crippen molar-refractivity contribution in [2.24, 2.45) is 5.10 Å². The maximum Gasteiger partial charge on any atom is 0.297 e. The van der Waals surface area contributed by atoms with Gasteiger partial charge in [-0.1, -0.05) is 12.1 Å². The molecule has 18 heavy (non-hydrogen) atoms. The van der Waals surface area contributed by atoms with E-state index < -0.39 is 5.91 Å². The number of rotatable bonds is 3. The second-order valence-corrected chi connectivity index (χ2v) is 3.26. The van der Waals surface area contributed by atoms with Crippen molar-refractivity contribution < 1.29 is 14.5 Å². The Morgan fingerprint density at radius 3 is 2.89 bits per heavy atom. The minimum absolute atomic E-state index is 0.0538. The molecule has 1 aromatic carbocycles. The molecule has 2 aromatic rings. The number of benzene rings is 1. The number of nitrogen functional groups attached to an aromatic ring is 1. The van der Waals surface area contributed by atoms with Crippen molar-refractivity contribution >= 4 is 17.9 Å². The summed E-state index contributed by atoms with van der Waals surface area (Å²) in [5, 5.41) is 19.7. The van der Waals surface area contributed by atoms with E-state index in [-0.39, 0.29) is 17.3 Å². The number of amides is 1. The number of aromatic nitrogens is 2. The third-order valence-corrected chi connectivity index (χ3v) is 2.04. The van der Waals surface area contributed by atoms with E-state index in [1.807, 2.05) is 0 Å². The number of hydrogen-bond donors (Lipinski definition) is 3. The molecular formula is C10H9N5O3. The average molecular weight is 247 g/mol. The third-order valence-electron chi connectivity index (χ3n) is 2.04. The summed E-state index contributed by atoms with van der Waals surface area (Å²) in [4.78, 5) is 11.5. The Balaban J connectivity index is 2.03. The van der Waals surface area contributed by atoms with E-state index in [2.05, 4.69) is 25.5 Å². The van der Waals surface area contributed by atoms with Crippen LogP contribution in [0.1, 0.15) is 16.1 Å². The average Bonchev–Trinajstić information content (AvgIpc) is 2.78. The fourth-order valence-corrected chi connectivity index (χ4v) is 1.16. The molecule has 0 aliphatic carbocycles. The molecule has 1 heterocycles. The van der Waals surface area contributed by atoms with Crippen molar-refractivity contribution in [1.29, 1.82) is 0 Å². The van der Waals surface area contributed by atoms with Gasteiger partial charge in [-0.15, -0.1) is 0 Å². The molecule has 0 unspecified atom stereocenters. The molecule has 0 saturated carbocycles. The van der Waals surface area contributed by atoms with Crippen molar-refractivity contribution in [3.63, 3.8) is 0 Å². The maximum atomic E-state index is 11.5. The van der Waals surface area contributed by atoms with Crippen LogP contribution in [0.25, 0.3) is 0 Å². The van der Waals surface area contributed by atoms with Gasteiger partial charge in [-0.25, -0.2) is 10.1 Å². The predicted octanol–water partition coefficient (Wildman–Crippen LogP) is 0.121. The van der Waals surface area contributed by atoms with E-state index in [0.29, 0.717) is 5.56 Å². The monoisotopic (exact) mass is 247 g/mol. The summed E-state index contributed by atoms with van der Waals surface area (Å²) in [7, 11) is 0. The standard InChI is InChI=1S/C10H9N5O3/c11-9-8(14-18-15-9)10(17)13-12-5-6-3-1-2-4-7(6)16/h1-5,16H,(H2,11,15)(H,13,17). The summed E-state index contributed by atoms with van der Waals surface area (Å²) in [6.07, 6.45) is 1.29. The van der Waals surface area contributed by atoms with Crippen molar-refractivity contribution in [3.8, 4) is 5.75 Å². The minimum atomic E-state index is -0.652. The Morgan fingerprint density at radius 2 is 2.22 bits per heavy atom. The highest BCUT2D eigenvalue weighted by atomic mass is 16.6. The summed E-state index contributed by atoms with van der Waals surface area (Å²) in [6.45, 7) is 0. The number of nitrogens with one attached hydrogen (secondary N) is 1. The molecule has 0 bridgehead atoms. The summed E-state index contributed by atoms with van der Waals surface area (Å²) >= 11 is 0. The zero-order chi connectivity index (χ0) is 13.0. The van der Waals surface area contributed by atoms with Gasteiger partial charge in [0.1, 0.15) is 5.75 Å². The van der Waals surface area contributed by atoms with Gasteiger partial charge in [0, 0.05) is 5.56 Å². The Kier molecular flexibility index (Phi) is 3.19. The van der Waals surface area contributed by atoms with E-state index in [4.69, 9.17) is 5.73 Å². The molecule has 0 aliphatic heterocycles. The molecule has 0 radical (unpaired) electrons. The number of para-hydroxylation sites is 1. The van der Waals surface area contributed by atoms with E-state index >= 15 is 0 Å². The van der Waals surface area contributed by atoms with Gasteiger partial charge < -0.3 is 10.8 Å². The highest BCUT2D eigenvalue weighted by molar-refractivity contribution is 5.96. The number of carbonyl (C=O) groups is 1. The molecule has 0 saturated heterocycles. The van der Waals surface area contributed by atoms with E-state index in [0.717, 1.165) is 0 Å². The predicted molar refractivity (Wildman–Crippen MR) is 61.9 cm³/mol. The van der Waals surface area contributed by atoms with Crippen molar-refractivity contribution in [2.75, 3.05) is 5.73 Å². The lowest BCUT2D eigenvalue weighted by Gasteiger charge is -1.97. The molecule has 2 rings (SSSR count). The molecule has 4 N–H and O–H groups in total. The summed E-state index contributed by atoms with van der Waals surface area (Å²) in [5.41, 5.74) is 7.82. The Morgan fingerprint density at radius 1 is 1.44 bits per heavy atom. The van der Waals surface area contributed by atoms with Crippen molar-refractivity contribution in [3.05, 3.63) is 35.5 Å². The molecule has 1 aromatic heterocycles. The van der Waals surface area contributed by atoms with Gasteiger partial charge in [0.15, 0.2) is 0 Å². The third kappa shape index (κ3) is 2.43. The molecule has 8 nitrogen and oxygen atoms in total. The summed E-state index contributed by atoms with van der Waals surface area (Å²) in [6, 6.07) is 6.54. The van der Waals surface area contributed by atoms with Crippen LogP contribution in [-0.2, 0) is 0 Å². The maximum absolute atomic E-state index is 11.5. The molecule has 92 valence electrons. The molecule has 0 aliphatic rings. The van der Waals surface area contributed by atoms with Gasteiger partial charge in [0.2, 0.25) is 11.5 Å². The zero-order valence-corrected chi connectivity index (χ0v) is 9.07. The van der Waals surface area contributed by atoms with Crippen LogP contribution in [0.4, 0.5) is 5.82 Å². The van der Waals surface area contributed by atoms with Gasteiger partial charge in [0.25, 0.3) is 5.91 Å². The summed E-state index contributed by atoms with van der Waals surface area (Å²) < 4.78 is 4.27. The first kappa shape index (κ1) is 11.6. The highest BCUT2D eigenvalue weighted by Crippen LogP contribution is 2.12. The number of aromatic hydroxyl groups is 1. The van der Waals surface area contributed by atoms with Gasteiger partial charge in [-0.05, 0) is 22.4 Å². The number of phenols is 1. The van der Waals surface area contributed by atoms with E-state index in [1.165, 1.54) is 12.3 Å². The second kappa shape index (κ2) is 4.95. The van der Waals surface area contributed by atoms with Crippen LogP contribution in [0.15, 0.2) is 34.0 Å². The highest BCUT2D eigenvalue weighted by Gasteiger charge is 2.14. The largest absolute Gasteiger partial charge is 0.507 e. The number of hydrazone groups is 1. The van der Waals surface area contributed by atoms with Crippen LogP contribution >= 0.6 is 0 Å². The molecule has 0 atom stereocenters. The fraction of sp³-hybridized carbons (Fsp3) is 0. The second-order valence-electron chi connectivity index (χ2n) is 3.26. The lowest BCUT2D eigenvalue weighted by atomic mass is 10.2. The molecule has 8 heteroatoms. The summed E-state index contributed by atoms with van der Waals surface area (Å²) in [5.74, 6) is -0.719. The van der Waals surface area contributed by atoms with Gasteiger partial charge in [0.05, 0.1) is 6.21 Å². The first-order valence-electron chi connectivity index (χ1n) is 4.88. The van der Waals surface area contributed by atoms with E-state index in [9.17, 15) is 9.90 Å². The van der Waals surface area contributed by atoms with Crippen LogP contribution < -0.4 is 11.2 Å². The minimum Gasteiger partial charge on any atom is -0.507 e. The number of carbonyl (C=O) groups excluding carboxylic acids is 1. The first-order valence-corrected chi connectivity index (χ1v) is 4.88. The lowest BCUT2D eigenvalue weighted by Crippen LogP contribution is -2.19. The van der Waals surface area contributed by atoms with Crippen molar-refractivity contribution in [1.82, 2.24) is 15.7 Å². The van der Waals surface area contributed by atoms with Crippen LogP contribution in [0.5, 0.6) is 5.75 Å². The molecule has 0 spiro atoms. The zero-order valence-electron chi connectivity index (χ0n) is 9.07.